The van der Waals surface area contributed by atoms with Crippen molar-refractivity contribution >= 4 is 11.8 Å². The van der Waals surface area contributed by atoms with Crippen molar-refractivity contribution in [2.75, 3.05) is 33.3 Å². The Kier molecular flexibility index (Phi) is 6.17. The van der Waals surface area contributed by atoms with E-state index in [1.165, 1.54) is 7.11 Å². The van der Waals surface area contributed by atoms with Crippen LogP contribution < -0.4 is 4.74 Å². The first kappa shape index (κ1) is 18.2. The molecule has 1 aliphatic heterocycles. The number of piperidine rings is 1. The van der Waals surface area contributed by atoms with Gasteiger partial charge >= 0.3 is 0 Å². The Morgan fingerprint density at radius 2 is 2.08 bits per heavy atom. The van der Waals surface area contributed by atoms with E-state index in [0.717, 1.165) is 18.5 Å². The summed E-state index contributed by atoms with van der Waals surface area (Å²) in [5.41, 5.74) is 1.29. The molecule has 24 heavy (non-hydrogen) atoms. The van der Waals surface area contributed by atoms with Gasteiger partial charge in [0.05, 0.1) is 24.8 Å². The fraction of sp³-hybridized carbons (Fsp3) is 0.611. The molecule has 1 saturated heterocycles. The second-order valence-corrected chi connectivity index (χ2v) is 6.13. The van der Waals surface area contributed by atoms with E-state index in [0.29, 0.717) is 37.5 Å². The first-order chi connectivity index (χ1) is 11.5. The van der Waals surface area contributed by atoms with Crippen molar-refractivity contribution in [1.82, 2.24) is 14.8 Å². The molecule has 6 heteroatoms. The number of hydrogen-bond donors (Lipinski definition) is 0. The summed E-state index contributed by atoms with van der Waals surface area (Å²) in [6.07, 6.45) is 3.26. The van der Waals surface area contributed by atoms with Crippen molar-refractivity contribution in [2.45, 2.75) is 33.6 Å². The highest BCUT2D eigenvalue weighted by Gasteiger charge is 2.31. The van der Waals surface area contributed by atoms with Crippen LogP contribution >= 0.6 is 0 Å². The summed E-state index contributed by atoms with van der Waals surface area (Å²) in [6.45, 7) is 8.37. The molecular weight excluding hydrogens is 306 g/mol. The topological polar surface area (TPSA) is 62.7 Å². The van der Waals surface area contributed by atoms with Gasteiger partial charge in [-0.2, -0.15) is 0 Å². The lowest BCUT2D eigenvalue weighted by Gasteiger charge is -2.34. The normalized spacial score (nSPS) is 17.5. The largest absolute Gasteiger partial charge is 0.494 e. The molecule has 2 amide bonds. The number of rotatable bonds is 5. The Morgan fingerprint density at radius 3 is 2.71 bits per heavy atom. The number of carbonyl (C=O) groups is 2. The maximum Gasteiger partial charge on any atom is 0.257 e. The third-order valence-electron chi connectivity index (χ3n) is 4.59. The van der Waals surface area contributed by atoms with E-state index in [2.05, 4.69) is 4.98 Å². The van der Waals surface area contributed by atoms with Crippen LogP contribution in [0.3, 0.4) is 0 Å². The van der Waals surface area contributed by atoms with Gasteiger partial charge in [0.1, 0.15) is 5.75 Å². The van der Waals surface area contributed by atoms with Crippen molar-refractivity contribution in [3.63, 3.8) is 0 Å². The predicted octanol–water partition coefficient (Wildman–Crippen LogP) is 2.12. The molecule has 0 spiro atoms. The molecule has 2 heterocycles. The minimum Gasteiger partial charge on any atom is -0.494 e. The molecule has 1 aliphatic rings. The molecule has 0 radical (unpaired) electrons. The molecule has 0 aliphatic carbocycles. The van der Waals surface area contributed by atoms with Gasteiger partial charge in [0.15, 0.2) is 0 Å². The van der Waals surface area contributed by atoms with E-state index in [-0.39, 0.29) is 17.7 Å². The number of aryl methyl sites for hydroxylation is 1. The molecule has 1 fully saturated rings. The zero-order valence-corrected chi connectivity index (χ0v) is 15.0. The van der Waals surface area contributed by atoms with Crippen molar-refractivity contribution in [3.8, 4) is 5.75 Å². The Hall–Kier alpha value is -2.11. The maximum atomic E-state index is 12.9. The number of carbonyl (C=O) groups excluding carboxylic acids is 2. The highest BCUT2D eigenvalue weighted by Crippen LogP contribution is 2.24. The maximum absolute atomic E-state index is 12.9. The van der Waals surface area contributed by atoms with Crippen LogP contribution in [0.15, 0.2) is 12.3 Å². The molecule has 132 valence electrons. The Bertz CT molecular complexity index is 599. The number of hydrogen-bond acceptors (Lipinski definition) is 4. The van der Waals surface area contributed by atoms with E-state index in [1.807, 2.05) is 25.7 Å². The zero-order chi connectivity index (χ0) is 17.7. The molecular formula is C18H27N3O3. The summed E-state index contributed by atoms with van der Waals surface area (Å²) in [7, 11) is 1.53. The first-order valence-electron chi connectivity index (χ1n) is 8.60. The van der Waals surface area contributed by atoms with E-state index < -0.39 is 0 Å². The molecule has 6 nitrogen and oxygen atoms in total. The number of likely N-dealkylation sites (tertiary alicyclic amines) is 1. The molecule has 0 N–H and O–H groups in total. The number of amides is 2. The number of pyridine rings is 1. The lowest BCUT2D eigenvalue weighted by atomic mass is 9.95. The highest BCUT2D eigenvalue weighted by molar-refractivity contribution is 5.97. The van der Waals surface area contributed by atoms with Gasteiger partial charge in [-0.25, -0.2) is 0 Å². The second-order valence-electron chi connectivity index (χ2n) is 6.13. The van der Waals surface area contributed by atoms with Crippen LogP contribution in [-0.4, -0.2) is 59.9 Å². The minimum absolute atomic E-state index is 0.0885. The van der Waals surface area contributed by atoms with Gasteiger partial charge in [-0.05, 0) is 39.7 Å². The second kappa shape index (κ2) is 8.13. The van der Waals surface area contributed by atoms with Gasteiger partial charge in [-0.15, -0.1) is 0 Å². The average Bonchev–Trinajstić information content (AvgIpc) is 2.62. The highest BCUT2D eigenvalue weighted by atomic mass is 16.5. The molecule has 0 aromatic carbocycles. The summed E-state index contributed by atoms with van der Waals surface area (Å²) in [6, 6.07) is 1.75. The molecule has 1 aromatic rings. The minimum atomic E-state index is -0.114. The van der Waals surface area contributed by atoms with E-state index in [9.17, 15) is 9.59 Å². The van der Waals surface area contributed by atoms with E-state index in [4.69, 9.17) is 4.74 Å². The monoisotopic (exact) mass is 333 g/mol. The van der Waals surface area contributed by atoms with Crippen LogP contribution in [0.1, 0.15) is 42.7 Å². The summed E-state index contributed by atoms with van der Waals surface area (Å²) in [4.78, 5) is 33.3. The average molecular weight is 333 g/mol. The Labute approximate surface area is 143 Å². The quantitative estimate of drug-likeness (QED) is 0.828. The summed E-state index contributed by atoms with van der Waals surface area (Å²) in [5.74, 6) is 0.420. The van der Waals surface area contributed by atoms with Crippen LogP contribution in [0.25, 0.3) is 0 Å². The third-order valence-corrected chi connectivity index (χ3v) is 4.59. The van der Waals surface area contributed by atoms with Crippen LogP contribution in [0, 0.1) is 12.8 Å². The fourth-order valence-corrected chi connectivity index (χ4v) is 3.20. The van der Waals surface area contributed by atoms with Gasteiger partial charge in [0.25, 0.3) is 5.91 Å². The molecule has 1 unspecified atom stereocenters. The van der Waals surface area contributed by atoms with E-state index in [1.54, 1.807) is 17.2 Å². The number of methoxy groups -OCH3 is 1. The Morgan fingerprint density at radius 1 is 1.38 bits per heavy atom. The zero-order valence-electron chi connectivity index (χ0n) is 15.0. The standard InChI is InChI=1S/C18H27N3O3/c1-5-20(6-2)17(22)14-8-7-9-21(12-14)18(23)15-10-13(3)19-11-16(15)24-4/h10-11,14H,5-9,12H2,1-4H3. The summed E-state index contributed by atoms with van der Waals surface area (Å²) >= 11 is 0. The Balaban J connectivity index is 2.16. The van der Waals surface area contributed by atoms with Crippen LogP contribution in [0.5, 0.6) is 5.75 Å². The smallest absolute Gasteiger partial charge is 0.257 e. The fourth-order valence-electron chi connectivity index (χ4n) is 3.20. The number of aromatic nitrogens is 1. The summed E-state index contributed by atoms with van der Waals surface area (Å²) < 4.78 is 5.27. The molecule has 0 bridgehead atoms. The van der Waals surface area contributed by atoms with Gasteiger partial charge in [0, 0.05) is 31.9 Å². The molecule has 1 aromatic heterocycles. The molecule has 0 saturated carbocycles. The van der Waals surface area contributed by atoms with Gasteiger partial charge in [-0.3, -0.25) is 14.6 Å². The van der Waals surface area contributed by atoms with Crippen LogP contribution in [0.4, 0.5) is 0 Å². The van der Waals surface area contributed by atoms with Crippen LogP contribution in [-0.2, 0) is 4.79 Å². The van der Waals surface area contributed by atoms with Gasteiger partial charge in [0.2, 0.25) is 5.91 Å². The predicted molar refractivity (Wildman–Crippen MR) is 92.1 cm³/mol. The van der Waals surface area contributed by atoms with Crippen molar-refractivity contribution < 1.29 is 14.3 Å². The van der Waals surface area contributed by atoms with Gasteiger partial charge < -0.3 is 14.5 Å². The van der Waals surface area contributed by atoms with Crippen molar-refractivity contribution in [3.05, 3.63) is 23.5 Å². The molecule has 2 rings (SSSR count). The first-order valence-corrected chi connectivity index (χ1v) is 8.60. The van der Waals surface area contributed by atoms with E-state index >= 15 is 0 Å². The lowest BCUT2D eigenvalue weighted by molar-refractivity contribution is -0.136. The lowest BCUT2D eigenvalue weighted by Crippen LogP contribution is -2.46. The van der Waals surface area contributed by atoms with Crippen LogP contribution in [0.2, 0.25) is 0 Å². The third kappa shape index (κ3) is 3.86. The SMILES string of the molecule is CCN(CC)C(=O)C1CCCN(C(=O)c2cc(C)ncc2OC)C1. The van der Waals surface area contributed by atoms with Crippen molar-refractivity contribution in [2.24, 2.45) is 5.92 Å². The van der Waals surface area contributed by atoms with Gasteiger partial charge in [-0.1, -0.05) is 0 Å². The number of nitrogens with zero attached hydrogens (tertiary/aromatic N) is 3. The number of ether oxygens (including phenoxy) is 1. The summed E-state index contributed by atoms with van der Waals surface area (Å²) in [5, 5.41) is 0. The molecule has 1 atom stereocenters. The van der Waals surface area contributed by atoms with Crippen molar-refractivity contribution in [1.29, 1.82) is 0 Å².